The van der Waals surface area contributed by atoms with Crippen LogP contribution in [-0.2, 0) is 11.3 Å². The number of nitrogens with one attached hydrogen (secondary N) is 1. The van der Waals surface area contributed by atoms with Crippen molar-refractivity contribution >= 4 is 11.4 Å². The van der Waals surface area contributed by atoms with Gasteiger partial charge >= 0.3 is 0 Å². The maximum absolute atomic E-state index is 9.46. The third-order valence-corrected chi connectivity index (χ3v) is 5.48. The average molecular weight is 420 g/mol. The van der Waals surface area contributed by atoms with Crippen molar-refractivity contribution in [3.05, 3.63) is 71.8 Å². The van der Waals surface area contributed by atoms with Crippen LogP contribution in [0.1, 0.15) is 49.4 Å². The molecule has 31 heavy (non-hydrogen) atoms. The molecular weight excluding hydrogens is 390 g/mol. The molecule has 1 aromatic heterocycles. The van der Waals surface area contributed by atoms with Gasteiger partial charge < -0.3 is 15.2 Å². The topological polar surface area (TPSA) is 96.0 Å². The van der Waals surface area contributed by atoms with Crippen LogP contribution >= 0.6 is 0 Å². The first-order valence-electron chi connectivity index (χ1n) is 10.6. The summed E-state index contributed by atoms with van der Waals surface area (Å²) in [5.74, 6) is 0.472. The Hall–Kier alpha value is -3.21. The predicted octanol–water partition coefficient (Wildman–Crippen LogP) is 4.43. The number of aromatic nitrogens is 3. The maximum atomic E-state index is 9.46. The van der Waals surface area contributed by atoms with Crippen molar-refractivity contribution in [2.75, 3.05) is 18.5 Å². The molecule has 0 fully saturated rings. The van der Waals surface area contributed by atoms with E-state index in [4.69, 9.17) is 9.84 Å². The molecule has 3 aromatic rings. The largest absolute Gasteiger partial charge is 0.394 e. The highest BCUT2D eigenvalue weighted by Crippen LogP contribution is 2.31. The van der Waals surface area contributed by atoms with E-state index in [0.717, 1.165) is 29.8 Å². The van der Waals surface area contributed by atoms with Gasteiger partial charge in [0.15, 0.2) is 0 Å². The summed E-state index contributed by atoms with van der Waals surface area (Å²) >= 11 is 0. The fourth-order valence-electron chi connectivity index (χ4n) is 3.80. The van der Waals surface area contributed by atoms with Gasteiger partial charge in [0.25, 0.3) is 0 Å². The fourth-order valence-corrected chi connectivity index (χ4v) is 3.80. The molecule has 3 rings (SSSR count). The SMILES string of the molecule is CCC(CC)C(c1ccc(Nc2ccc(COCCO)c(C#N)c2)cc1)n1cncn1. The molecule has 0 saturated carbocycles. The first-order valence-corrected chi connectivity index (χ1v) is 10.6. The number of nitrogens with zero attached hydrogens (tertiary/aromatic N) is 4. The van der Waals surface area contributed by atoms with Crippen molar-refractivity contribution in [2.45, 2.75) is 39.3 Å². The van der Waals surface area contributed by atoms with Gasteiger partial charge in [0, 0.05) is 11.4 Å². The zero-order valence-corrected chi connectivity index (χ0v) is 18.0. The van der Waals surface area contributed by atoms with E-state index in [1.54, 1.807) is 12.7 Å². The molecule has 7 heteroatoms. The molecule has 0 saturated heterocycles. The quantitative estimate of drug-likeness (QED) is 0.447. The average Bonchev–Trinajstić information content (AvgIpc) is 3.33. The summed E-state index contributed by atoms with van der Waals surface area (Å²) in [6.07, 6.45) is 5.49. The van der Waals surface area contributed by atoms with Crippen LogP contribution in [0.2, 0.25) is 0 Å². The van der Waals surface area contributed by atoms with Gasteiger partial charge in [-0.2, -0.15) is 10.4 Å². The number of anilines is 2. The molecule has 1 unspecified atom stereocenters. The van der Waals surface area contributed by atoms with Crippen LogP contribution in [0, 0.1) is 17.2 Å². The normalized spacial score (nSPS) is 12.0. The van der Waals surface area contributed by atoms with Crippen LogP contribution in [0.5, 0.6) is 0 Å². The number of aliphatic hydroxyl groups excluding tert-OH is 1. The van der Waals surface area contributed by atoms with Gasteiger partial charge in [-0.3, -0.25) is 0 Å². The van der Waals surface area contributed by atoms with Crippen LogP contribution in [0.25, 0.3) is 0 Å². The minimum absolute atomic E-state index is 0.0352. The molecule has 1 heterocycles. The summed E-state index contributed by atoms with van der Waals surface area (Å²) in [6.45, 7) is 4.94. The molecule has 0 aliphatic rings. The first-order chi connectivity index (χ1) is 15.2. The van der Waals surface area contributed by atoms with E-state index in [1.165, 1.54) is 5.56 Å². The Morgan fingerprint density at radius 3 is 2.48 bits per heavy atom. The smallest absolute Gasteiger partial charge is 0.137 e. The van der Waals surface area contributed by atoms with Crippen molar-refractivity contribution in [1.82, 2.24) is 14.8 Å². The molecule has 0 spiro atoms. The van der Waals surface area contributed by atoms with Gasteiger partial charge in [0.05, 0.1) is 37.5 Å². The molecule has 162 valence electrons. The van der Waals surface area contributed by atoms with Gasteiger partial charge in [-0.05, 0) is 41.3 Å². The Kier molecular flexibility index (Phi) is 8.16. The van der Waals surface area contributed by atoms with E-state index >= 15 is 0 Å². The van der Waals surface area contributed by atoms with Crippen molar-refractivity contribution in [2.24, 2.45) is 5.92 Å². The predicted molar refractivity (Wildman–Crippen MR) is 120 cm³/mol. The lowest BCUT2D eigenvalue weighted by atomic mass is 9.89. The molecule has 0 amide bonds. The van der Waals surface area contributed by atoms with E-state index in [0.29, 0.717) is 18.1 Å². The van der Waals surface area contributed by atoms with Crippen LogP contribution in [0.15, 0.2) is 55.1 Å². The molecule has 7 nitrogen and oxygen atoms in total. The lowest BCUT2D eigenvalue weighted by Gasteiger charge is -2.26. The fraction of sp³-hybridized carbons (Fsp3) is 0.375. The minimum atomic E-state index is -0.0352. The maximum Gasteiger partial charge on any atom is 0.137 e. The standard InChI is InChI=1S/C24H29N5O2/c1-3-18(4-2)24(29-17-26-16-27-29)19-5-8-22(9-6-19)28-23-10-7-20(15-31-12-11-30)21(13-23)14-25/h5-10,13,16-18,24,28,30H,3-4,11-12,15H2,1-2H3. The lowest BCUT2D eigenvalue weighted by Crippen LogP contribution is -2.20. The minimum Gasteiger partial charge on any atom is -0.394 e. The Labute approximate surface area is 183 Å². The number of benzene rings is 2. The summed E-state index contributed by atoms with van der Waals surface area (Å²) in [5.41, 5.74) is 4.33. The van der Waals surface area contributed by atoms with E-state index in [2.05, 4.69) is 47.4 Å². The van der Waals surface area contributed by atoms with Crippen molar-refractivity contribution in [3.8, 4) is 6.07 Å². The number of nitriles is 1. The third-order valence-electron chi connectivity index (χ3n) is 5.48. The molecule has 2 aromatic carbocycles. The van der Waals surface area contributed by atoms with E-state index in [1.807, 2.05) is 35.0 Å². The second-order valence-electron chi connectivity index (χ2n) is 7.40. The molecule has 0 aliphatic heterocycles. The molecule has 2 N–H and O–H groups in total. The monoisotopic (exact) mass is 419 g/mol. The lowest BCUT2D eigenvalue weighted by molar-refractivity contribution is 0.0814. The van der Waals surface area contributed by atoms with E-state index in [9.17, 15) is 5.26 Å². The third kappa shape index (κ3) is 5.69. The highest BCUT2D eigenvalue weighted by molar-refractivity contribution is 5.62. The summed E-state index contributed by atoms with van der Waals surface area (Å²) < 4.78 is 7.28. The van der Waals surface area contributed by atoms with Gasteiger partial charge in [-0.15, -0.1) is 0 Å². The number of hydrogen-bond donors (Lipinski definition) is 2. The second-order valence-corrected chi connectivity index (χ2v) is 7.40. The van der Waals surface area contributed by atoms with Crippen LogP contribution in [-0.4, -0.2) is 33.1 Å². The van der Waals surface area contributed by atoms with Crippen LogP contribution in [0.3, 0.4) is 0 Å². The van der Waals surface area contributed by atoms with Gasteiger partial charge in [0.2, 0.25) is 0 Å². The second kappa shape index (κ2) is 11.3. The highest BCUT2D eigenvalue weighted by atomic mass is 16.5. The highest BCUT2D eigenvalue weighted by Gasteiger charge is 2.23. The molecule has 0 aliphatic carbocycles. The molecule has 1 atom stereocenters. The zero-order valence-electron chi connectivity index (χ0n) is 18.0. The first kappa shape index (κ1) is 22.5. The van der Waals surface area contributed by atoms with Gasteiger partial charge in [-0.25, -0.2) is 9.67 Å². The Morgan fingerprint density at radius 1 is 1.13 bits per heavy atom. The summed E-state index contributed by atoms with van der Waals surface area (Å²) in [4.78, 5) is 4.13. The molecule has 0 bridgehead atoms. The zero-order chi connectivity index (χ0) is 22.1. The number of hydrogen-bond acceptors (Lipinski definition) is 6. The molecular formula is C24H29N5O2. The summed E-state index contributed by atoms with van der Waals surface area (Å²) in [7, 11) is 0. The van der Waals surface area contributed by atoms with Gasteiger partial charge in [0.1, 0.15) is 12.7 Å². The number of rotatable bonds is 11. The molecule has 0 radical (unpaired) electrons. The Bertz CT molecular complexity index is 976. The Morgan fingerprint density at radius 2 is 1.87 bits per heavy atom. The summed E-state index contributed by atoms with van der Waals surface area (Å²) in [5, 5.41) is 26.0. The van der Waals surface area contributed by atoms with Crippen molar-refractivity contribution < 1.29 is 9.84 Å². The van der Waals surface area contributed by atoms with E-state index < -0.39 is 0 Å². The Balaban J connectivity index is 1.76. The van der Waals surface area contributed by atoms with Crippen LogP contribution in [0.4, 0.5) is 11.4 Å². The van der Waals surface area contributed by atoms with Gasteiger partial charge in [-0.1, -0.05) is 44.9 Å². The van der Waals surface area contributed by atoms with Crippen LogP contribution < -0.4 is 5.32 Å². The summed E-state index contributed by atoms with van der Waals surface area (Å²) in [6, 6.07) is 16.3. The van der Waals surface area contributed by atoms with E-state index in [-0.39, 0.29) is 19.3 Å². The van der Waals surface area contributed by atoms with Crippen molar-refractivity contribution in [1.29, 1.82) is 5.26 Å². The number of aliphatic hydroxyl groups is 1. The number of ether oxygens (including phenoxy) is 1. The van der Waals surface area contributed by atoms with Crippen molar-refractivity contribution in [3.63, 3.8) is 0 Å².